The number of carbonyl (C=O) groups is 1. The van der Waals surface area contributed by atoms with Crippen LogP contribution < -0.4 is 5.32 Å². The van der Waals surface area contributed by atoms with E-state index in [0.717, 1.165) is 44.9 Å². The molecule has 20 heavy (non-hydrogen) atoms. The van der Waals surface area contributed by atoms with Crippen LogP contribution in [0.4, 0.5) is 0 Å². The van der Waals surface area contributed by atoms with Gasteiger partial charge in [0.05, 0.1) is 6.54 Å². The maximum atomic E-state index is 12.4. The van der Waals surface area contributed by atoms with Gasteiger partial charge in [-0.1, -0.05) is 13.0 Å². The summed E-state index contributed by atoms with van der Waals surface area (Å²) in [4.78, 5) is 16.6. The van der Waals surface area contributed by atoms with E-state index in [-0.39, 0.29) is 5.91 Å². The van der Waals surface area contributed by atoms with Gasteiger partial charge in [0, 0.05) is 19.3 Å². The van der Waals surface area contributed by atoms with Crippen LogP contribution in [-0.2, 0) is 4.79 Å². The van der Waals surface area contributed by atoms with Gasteiger partial charge in [-0.15, -0.1) is 0 Å². The van der Waals surface area contributed by atoms with Crippen molar-refractivity contribution in [1.29, 1.82) is 0 Å². The Hall–Kier alpha value is -0.870. The molecule has 114 valence electrons. The second-order valence-corrected chi connectivity index (χ2v) is 6.06. The Labute approximate surface area is 123 Å². The van der Waals surface area contributed by atoms with E-state index in [0.29, 0.717) is 6.54 Å². The number of hydrogen-bond acceptors (Lipinski definition) is 3. The summed E-state index contributed by atoms with van der Waals surface area (Å²) in [6.45, 7) is 7.00. The molecule has 0 atom stereocenters. The highest BCUT2D eigenvalue weighted by Crippen LogP contribution is 2.20. The molecular weight excluding hydrogens is 250 g/mol. The molecule has 0 saturated carbocycles. The molecule has 1 amide bonds. The standard InChI is InChI=1S/C16H29N3O/c1-3-19(12-14-8-10-17-11-9-14)13-16(20)18(2)15-6-4-5-7-15/h6,14,17H,3-5,7-13H2,1-2H3. The summed E-state index contributed by atoms with van der Waals surface area (Å²) < 4.78 is 0. The number of amides is 1. The molecular formula is C16H29N3O. The molecule has 4 nitrogen and oxygen atoms in total. The Morgan fingerprint density at radius 2 is 2.15 bits per heavy atom. The highest BCUT2D eigenvalue weighted by atomic mass is 16.2. The number of piperidine rings is 1. The minimum absolute atomic E-state index is 0.244. The summed E-state index contributed by atoms with van der Waals surface area (Å²) in [5.74, 6) is 0.994. The summed E-state index contributed by atoms with van der Waals surface area (Å²) in [6, 6.07) is 0. The predicted octanol–water partition coefficient (Wildman–Crippen LogP) is 1.83. The summed E-state index contributed by atoms with van der Waals surface area (Å²) in [7, 11) is 1.93. The molecule has 0 aromatic carbocycles. The van der Waals surface area contributed by atoms with Crippen LogP contribution in [0.5, 0.6) is 0 Å². The van der Waals surface area contributed by atoms with Gasteiger partial charge in [-0.25, -0.2) is 0 Å². The Morgan fingerprint density at radius 3 is 2.75 bits per heavy atom. The van der Waals surface area contributed by atoms with Gasteiger partial charge in [0.1, 0.15) is 0 Å². The van der Waals surface area contributed by atoms with Crippen LogP contribution in [0.1, 0.15) is 39.0 Å². The maximum absolute atomic E-state index is 12.4. The Kier molecular flexibility index (Phi) is 6.05. The number of carbonyl (C=O) groups excluding carboxylic acids is 1. The number of hydrogen-bond donors (Lipinski definition) is 1. The normalized spacial score (nSPS) is 20.2. The lowest BCUT2D eigenvalue weighted by molar-refractivity contribution is -0.129. The van der Waals surface area contributed by atoms with Crippen molar-refractivity contribution in [3.05, 3.63) is 11.8 Å². The van der Waals surface area contributed by atoms with Crippen molar-refractivity contribution in [2.75, 3.05) is 39.8 Å². The second-order valence-electron chi connectivity index (χ2n) is 6.06. The van der Waals surface area contributed by atoms with Gasteiger partial charge in [0.2, 0.25) is 5.91 Å². The number of nitrogens with zero attached hydrogens (tertiary/aromatic N) is 2. The van der Waals surface area contributed by atoms with Crippen LogP contribution in [0.3, 0.4) is 0 Å². The molecule has 0 aromatic rings. The summed E-state index contributed by atoms with van der Waals surface area (Å²) in [5, 5.41) is 3.40. The first-order valence-electron chi connectivity index (χ1n) is 8.09. The first-order valence-corrected chi connectivity index (χ1v) is 8.09. The molecule has 0 radical (unpaired) electrons. The third-order valence-electron chi connectivity index (χ3n) is 4.60. The molecule has 1 fully saturated rings. The number of nitrogens with one attached hydrogen (secondary N) is 1. The van der Waals surface area contributed by atoms with Gasteiger partial charge in [-0.05, 0) is 57.7 Å². The minimum Gasteiger partial charge on any atom is -0.318 e. The van der Waals surface area contributed by atoms with Crippen molar-refractivity contribution in [2.24, 2.45) is 5.92 Å². The van der Waals surface area contributed by atoms with Gasteiger partial charge in [-0.3, -0.25) is 9.69 Å². The van der Waals surface area contributed by atoms with E-state index in [9.17, 15) is 4.79 Å². The van der Waals surface area contributed by atoms with E-state index in [1.165, 1.54) is 25.0 Å². The smallest absolute Gasteiger partial charge is 0.240 e. The van der Waals surface area contributed by atoms with E-state index < -0.39 is 0 Å². The van der Waals surface area contributed by atoms with E-state index in [1.54, 1.807) is 0 Å². The molecule has 0 unspecified atom stereocenters. The SMILES string of the molecule is CCN(CC(=O)N(C)C1=CCCC1)CC1CCNCC1. The zero-order valence-electron chi connectivity index (χ0n) is 13.0. The number of likely N-dealkylation sites (N-methyl/N-ethyl adjacent to an activating group) is 2. The quantitative estimate of drug-likeness (QED) is 0.806. The van der Waals surface area contributed by atoms with Crippen LogP contribution in [0.2, 0.25) is 0 Å². The molecule has 1 heterocycles. The third-order valence-corrected chi connectivity index (χ3v) is 4.60. The van der Waals surface area contributed by atoms with Crippen LogP contribution in [0, 0.1) is 5.92 Å². The highest BCUT2D eigenvalue weighted by Gasteiger charge is 2.21. The minimum atomic E-state index is 0.244. The van der Waals surface area contributed by atoms with Crippen molar-refractivity contribution in [3.63, 3.8) is 0 Å². The lowest BCUT2D eigenvalue weighted by Gasteiger charge is -2.30. The molecule has 1 saturated heterocycles. The summed E-state index contributed by atoms with van der Waals surface area (Å²) >= 11 is 0. The largest absolute Gasteiger partial charge is 0.318 e. The molecule has 0 spiro atoms. The number of rotatable bonds is 6. The van der Waals surface area contributed by atoms with E-state index in [2.05, 4.69) is 23.2 Å². The first kappa shape index (κ1) is 15.5. The molecule has 2 aliphatic rings. The van der Waals surface area contributed by atoms with Crippen LogP contribution in [0.25, 0.3) is 0 Å². The van der Waals surface area contributed by atoms with Crippen molar-refractivity contribution in [2.45, 2.75) is 39.0 Å². The molecule has 4 heteroatoms. The maximum Gasteiger partial charge on any atom is 0.240 e. The Balaban J connectivity index is 1.80. The van der Waals surface area contributed by atoms with Crippen molar-refractivity contribution in [1.82, 2.24) is 15.1 Å². The lowest BCUT2D eigenvalue weighted by atomic mass is 9.97. The number of allylic oxidation sites excluding steroid dienone is 2. The monoisotopic (exact) mass is 279 g/mol. The second kappa shape index (κ2) is 7.79. The summed E-state index contributed by atoms with van der Waals surface area (Å²) in [6.07, 6.45) is 8.07. The van der Waals surface area contributed by atoms with Crippen molar-refractivity contribution in [3.8, 4) is 0 Å². The van der Waals surface area contributed by atoms with E-state index in [4.69, 9.17) is 0 Å². The highest BCUT2D eigenvalue weighted by molar-refractivity contribution is 5.79. The topological polar surface area (TPSA) is 35.6 Å². The average Bonchev–Trinajstić information content (AvgIpc) is 3.01. The summed E-state index contributed by atoms with van der Waals surface area (Å²) in [5.41, 5.74) is 1.22. The zero-order chi connectivity index (χ0) is 14.4. The molecule has 1 aliphatic carbocycles. The predicted molar refractivity (Wildman–Crippen MR) is 82.4 cm³/mol. The Bertz CT molecular complexity index is 348. The Morgan fingerprint density at radius 1 is 1.40 bits per heavy atom. The van der Waals surface area contributed by atoms with Crippen LogP contribution in [0.15, 0.2) is 11.8 Å². The molecule has 0 bridgehead atoms. The van der Waals surface area contributed by atoms with Crippen LogP contribution >= 0.6 is 0 Å². The van der Waals surface area contributed by atoms with Crippen LogP contribution in [-0.4, -0.2) is 55.5 Å². The van der Waals surface area contributed by atoms with Crippen molar-refractivity contribution >= 4 is 5.91 Å². The van der Waals surface area contributed by atoms with Gasteiger partial charge >= 0.3 is 0 Å². The van der Waals surface area contributed by atoms with Gasteiger partial charge in [-0.2, -0.15) is 0 Å². The fraction of sp³-hybridized carbons (Fsp3) is 0.812. The third kappa shape index (κ3) is 4.32. The van der Waals surface area contributed by atoms with Crippen molar-refractivity contribution < 1.29 is 4.79 Å². The zero-order valence-corrected chi connectivity index (χ0v) is 13.0. The molecule has 1 aliphatic heterocycles. The van der Waals surface area contributed by atoms with Gasteiger partial charge in [0.15, 0.2) is 0 Å². The fourth-order valence-electron chi connectivity index (χ4n) is 3.15. The van der Waals surface area contributed by atoms with Gasteiger partial charge < -0.3 is 10.2 Å². The van der Waals surface area contributed by atoms with E-state index in [1.807, 2.05) is 11.9 Å². The average molecular weight is 279 g/mol. The van der Waals surface area contributed by atoms with Gasteiger partial charge in [0.25, 0.3) is 0 Å². The van der Waals surface area contributed by atoms with E-state index >= 15 is 0 Å². The molecule has 0 aromatic heterocycles. The molecule has 2 rings (SSSR count). The first-order chi connectivity index (χ1) is 9.70. The fourth-order valence-corrected chi connectivity index (χ4v) is 3.15. The lowest BCUT2D eigenvalue weighted by Crippen LogP contribution is -2.41. The molecule has 1 N–H and O–H groups in total.